The molecule has 23 heavy (non-hydrogen) atoms. The van der Waals surface area contributed by atoms with E-state index in [2.05, 4.69) is 19.2 Å². The van der Waals surface area contributed by atoms with Crippen molar-refractivity contribution in [2.24, 2.45) is 0 Å². The lowest BCUT2D eigenvalue weighted by atomic mass is 10.0. The van der Waals surface area contributed by atoms with Gasteiger partial charge in [-0.2, -0.15) is 0 Å². The summed E-state index contributed by atoms with van der Waals surface area (Å²) < 4.78 is 0. The van der Waals surface area contributed by atoms with E-state index in [0.29, 0.717) is 24.9 Å². The molecule has 0 heterocycles. The van der Waals surface area contributed by atoms with Gasteiger partial charge in [0.25, 0.3) is 0 Å². The zero-order valence-electron chi connectivity index (χ0n) is 14.5. The second kappa shape index (κ2) is 8.14. The molecule has 1 saturated carbocycles. The number of amides is 2. The van der Waals surface area contributed by atoms with Crippen molar-refractivity contribution in [1.29, 1.82) is 0 Å². The molecule has 1 aromatic rings. The predicted octanol–water partition coefficient (Wildman–Crippen LogP) is 3.93. The Morgan fingerprint density at radius 2 is 1.87 bits per heavy atom. The fourth-order valence-electron chi connectivity index (χ4n) is 3.36. The molecule has 4 nitrogen and oxygen atoms in total. The molecule has 1 aromatic carbocycles. The topological polar surface area (TPSA) is 49.4 Å². The molecule has 0 aromatic heterocycles. The fourth-order valence-corrected chi connectivity index (χ4v) is 3.36. The van der Waals surface area contributed by atoms with E-state index in [1.165, 1.54) is 12.8 Å². The molecular formula is C19H28N2O2. The summed E-state index contributed by atoms with van der Waals surface area (Å²) in [5.41, 5.74) is 2.02. The molecule has 0 atom stereocenters. The summed E-state index contributed by atoms with van der Waals surface area (Å²) in [7, 11) is 0. The number of hydrogen-bond donors (Lipinski definition) is 1. The maximum Gasteiger partial charge on any atom is 0.226 e. The minimum absolute atomic E-state index is 0.0256. The highest BCUT2D eigenvalue weighted by Gasteiger charge is 2.24. The molecule has 1 N–H and O–H groups in total. The summed E-state index contributed by atoms with van der Waals surface area (Å²) in [5, 5.41) is 3.00. The summed E-state index contributed by atoms with van der Waals surface area (Å²) in [5.74, 6) is 0.410. The Labute approximate surface area is 139 Å². The van der Waals surface area contributed by atoms with Crippen molar-refractivity contribution in [2.45, 2.75) is 64.8 Å². The number of nitrogens with one attached hydrogen (secondary N) is 1. The van der Waals surface area contributed by atoms with Crippen LogP contribution in [0.4, 0.5) is 5.69 Å². The van der Waals surface area contributed by atoms with Gasteiger partial charge >= 0.3 is 0 Å². The molecule has 4 heteroatoms. The van der Waals surface area contributed by atoms with Gasteiger partial charge in [-0.1, -0.05) is 44.9 Å². The zero-order valence-corrected chi connectivity index (χ0v) is 14.5. The lowest BCUT2D eigenvalue weighted by Crippen LogP contribution is -2.39. The standard InChI is InChI=1S/C19H28N2O2/c1-14(2)17-10-6-7-11-18(17)20-19(23)12-13-21(15(3)22)16-8-4-5-9-16/h6-7,10-11,14,16H,4-5,8-9,12-13H2,1-3H3,(H,20,23). The highest BCUT2D eigenvalue weighted by molar-refractivity contribution is 5.92. The Morgan fingerprint density at radius 1 is 1.22 bits per heavy atom. The third kappa shape index (κ3) is 4.81. The molecule has 2 rings (SSSR count). The van der Waals surface area contributed by atoms with Crippen LogP contribution in [0, 0.1) is 0 Å². The molecule has 0 unspecified atom stereocenters. The van der Waals surface area contributed by atoms with Gasteiger partial charge in [-0.05, 0) is 30.4 Å². The van der Waals surface area contributed by atoms with Gasteiger partial charge in [0.2, 0.25) is 11.8 Å². The first kappa shape index (κ1) is 17.5. The Balaban J connectivity index is 1.93. The normalized spacial score (nSPS) is 15.0. The van der Waals surface area contributed by atoms with Crippen LogP contribution < -0.4 is 5.32 Å². The van der Waals surface area contributed by atoms with Gasteiger partial charge < -0.3 is 10.2 Å². The average molecular weight is 316 g/mol. The Kier molecular flexibility index (Phi) is 6.20. The van der Waals surface area contributed by atoms with Gasteiger partial charge in [0.15, 0.2) is 0 Å². The van der Waals surface area contributed by atoms with Crippen LogP contribution in [0.25, 0.3) is 0 Å². The van der Waals surface area contributed by atoms with Crippen molar-refractivity contribution in [1.82, 2.24) is 4.90 Å². The van der Waals surface area contributed by atoms with Crippen molar-refractivity contribution < 1.29 is 9.59 Å². The van der Waals surface area contributed by atoms with Gasteiger partial charge in [0.05, 0.1) is 0 Å². The summed E-state index contributed by atoms with van der Waals surface area (Å²) in [6, 6.07) is 8.22. The number of rotatable bonds is 6. The van der Waals surface area contributed by atoms with Gasteiger partial charge in [0, 0.05) is 31.6 Å². The lowest BCUT2D eigenvalue weighted by molar-refractivity contribution is -0.131. The van der Waals surface area contributed by atoms with E-state index >= 15 is 0 Å². The van der Waals surface area contributed by atoms with Crippen molar-refractivity contribution >= 4 is 17.5 Å². The maximum absolute atomic E-state index is 12.3. The predicted molar refractivity (Wildman–Crippen MR) is 93.4 cm³/mol. The zero-order chi connectivity index (χ0) is 16.8. The van der Waals surface area contributed by atoms with Crippen LogP contribution in [-0.4, -0.2) is 29.3 Å². The number of carbonyl (C=O) groups is 2. The summed E-state index contributed by atoms with van der Waals surface area (Å²) in [6.45, 7) is 6.34. The Morgan fingerprint density at radius 3 is 2.48 bits per heavy atom. The van der Waals surface area contributed by atoms with Crippen LogP contribution >= 0.6 is 0 Å². The second-order valence-electron chi connectivity index (χ2n) is 6.69. The van der Waals surface area contributed by atoms with Gasteiger partial charge in [0.1, 0.15) is 0 Å². The summed E-state index contributed by atoms with van der Waals surface area (Å²) >= 11 is 0. The quantitative estimate of drug-likeness (QED) is 0.864. The van der Waals surface area contributed by atoms with Crippen LogP contribution in [0.15, 0.2) is 24.3 Å². The van der Waals surface area contributed by atoms with Crippen LogP contribution in [0.3, 0.4) is 0 Å². The summed E-state index contributed by atoms with van der Waals surface area (Å²) in [6.07, 6.45) is 4.85. The average Bonchev–Trinajstić information content (AvgIpc) is 3.01. The molecule has 2 amide bonds. The minimum atomic E-state index is -0.0256. The summed E-state index contributed by atoms with van der Waals surface area (Å²) in [4.78, 5) is 26.0. The number of anilines is 1. The molecule has 0 bridgehead atoms. The van der Waals surface area contributed by atoms with E-state index in [4.69, 9.17) is 0 Å². The SMILES string of the molecule is CC(=O)N(CCC(=O)Nc1ccccc1C(C)C)C1CCCC1. The van der Waals surface area contributed by atoms with E-state index < -0.39 is 0 Å². The third-order valence-corrected chi connectivity index (χ3v) is 4.61. The van der Waals surface area contributed by atoms with E-state index in [1.807, 2.05) is 29.2 Å². The maximum atomic E-state index is 12.3. The van der Waals surface area contributed by atoms with Crippen molar-refractivity contribution in [3.8, 4) is 0 Å². The van der Waals surface area contributed by atoms with Crippen LogP contribution in [0.5, 0.6) is 0 Å². The van der Waals surface area contributed by atoms with E-state index in [1.54, 1.807) is 6.92 Å². The van der Waals surface area contributed by atoms with Crippen molar-refractivity contribution in [2.75, 3.05) is 11.9 Å². The highest BCUT2D eigenvalue weighted by atomic mass is 16.2. The third-order valence-electron chi connectivity index (χ3n) is 4.61. The molecule has 126 valence electrons. The Hall–Kier alpha value is -1.84. The molecule has 0 saturated heterocycles. The molecule has 0 spiro atoms. The van der Waals surface area contributed by atoms with E-state index in [9.17, 15) is 9.59 Å². The van der Waals surface area contributed by atoms with Gasteiger partial charge in [-0.15, -0.1) is 0 Å². The second-order valence-corrected chi connectivity index (χ2v) is 6.69. The number of carbonyl (C=O) groups excluding carboxylic acids is 2. The van der Waals surface area contributed by atoms with Crippen molar-refractivity contribution in [3.05, 3.63) is 29.8 Å². The first-order chi connectivity index (χ1) is 11.0. The Bertz CT molecular complexity index is 548. The largest absolute Gasteiger partial charge is 0.339 e. The number of nitrogens with zero attached hydrogens (tertiary/aromatic N) is 1. The molecule has 1 fully saturated rings. The number of hydrogen-bond acceptors (Lipinski definition) is 2. The van der Waals surface area contributed by atoms with Gasteiger partial charge in [-0.25, -0.2) is 0 Å². The van der Waals surface area contributed by atoms with Crippen LogP contribution in [0.1, 0.15) is 64.4 Å². The number of benzene rings is 1. The molecule has 1 aliphatic carbocycles. The van der Waals surface area contributed by atoms with Gasteiger partial charge in [-0.3, -0.25) is 9.59 Å². The monoisotopic (exact) mass is 316 g/mol. The smallest absolute Gasteiger partial charge is 0.226 e. The molecular weight excluding hydrogens is 288 g/mol. The minimum Gasteiger partial charge on any atom is -0.339 e. The fraction of sp³-hybridized carbons (Fsp3) is 0.579. The van der Waals surface area contributed by atoms with Crippen LogP contribution in [-0.2, 0) is 9.59 Å². The van der Waals surface area contributed by atoms with Crippen LogP contribution in [0.2, 0.25) is 0 Å². The molecule has 0 radical (unpaired) electrons. The number of para-hydroxylation sites is 1. The lowest BCUT2D eigenvalue weighted by Gasteiger charge is -2.27. The molecule has 0 aliphatic heterocycles. The van der Waals surface area contributed by atoms with E-state index in [-0.39, 0.29) is 11.8 Å². The highest BCUT2D eigenvalue weighted by Crippen LogP contribution is 2.25. The molecule has 1 aliphatic rings. The van der Waals surface area contributed by atoms with E-state index in [0.717, 1.165) is 24.1 Å². The first-order valence-corrected chi connectivity index (χ1v) is 8.65. The first-order valence-electron chi connectivity index (χ1n) is 8.65. The van der Waals surface area contributed by atoms with Crippen molar-refractivity contribution in [3.63, 3.8) is 0 Å².